The van der Waals surface area contributed by atoms with Gasteiger partial charge in [0.05, 0.1) is 11.3 Å². The Morgan fingerprint density at radius 2 is 2.13 bits per heavy atom. The van der Waals surface area contributed by atoms with Crippen LogP contribution in [-0.2, 0) is 19.5 Å². The molecule has 3 heterocycles. The van der Waals surface area contributed by atoms with Crippen molar-refractivity contribution >= 4 is 17.5 Å². The highest BCUT2D eigenvalue weighted by Crippen LogP contribution is 2.19. The third kappa shape index (κ3) is 2.66. The van der Waals surface area contributed by atoms with Crippen molar-refractivity contribution in [1.82, 2.24) is 24.5 Å². The lowest BCUT2D eigenvalue weighted by Gasteiger charge is -2.28. The summed E-state index contributed by atoms with van der Waals surface area (Å²) in [6, 6.07) is 10.3. The summed E-state index contributed by atoms with van der Waals surface area (Å²) in [7, 11) is 0. The van der Waals surface area contributed by atoms with Crippen LogP contribution in [-0.4, -0.2) is 37.3 Å². The van der Waals surface area contributed by atoms with Crippen molar-refractivity contribution in [2.45, 2.75) is 24.7 Å². The first kappa shape index (κ1) is 14.5. The summed E-state index contributed by atoms with van der Waals surface area (Å²) in [6.07, 6.45) is 2.74. The molecule has 4 rings (SSSR count). The van der Waals surface area contributed by atoms with Crippen molar-refractivity contribution < 1.29 is 0 Å². The monoisotopic (exact) mass is 327 g/mol. The highest BCUT2D eigenvalue weighted by atomic mass is 32.2. The molecule has 0 saturated heterocycles. The van der Waals surface area contributed by atoms with Gasteiger partial charge < -0.3 is 0 Å². The zero-order valence-corrected chi connectivity index (χ0v) is 13.6. The van der Waals surface area contributed by atoms with E-state index in [1.165, 1.54) is 17.3 Å². The van der Waals surface area contributed by atoms with E-state index in [4.69, 9.17) is 0 Å². The molecule has 0 radical (unpaired) electrons. The summed E-state index contributed by atoms with van der Waals surface area (Å²) in [6.45, 7) is 2.41. The molecule has 118 valence electrons. The second-order valence-corrected chi connectivity index (χ2v) is 6.43. The molecule has 1 aliphatic rings. The number of benzene rings is 1. The maximum Gasteiger partial charge on any atom is 0.257 e. The zero-order valence-electron chi connectivity index (χ0n) is 12.8. The highest BCUT2D eigenvalue weighted by molar-refractivity contribution is 7.98. The van der Waals surface area contributed by atoms with Crippen molar-refractivity contribution in [3.63, 3.8) is 0 Å². The third-order valence-corrected chi connectivity index (χ3v) is 4.71. The van der Waals surface area contributed by atoms with Crippen molar-refractivity contribution in [2.24, 2.45) is 0 Å². The first-order chi connectivity index (χ1) is 11.2. The molecule has 0 bridgehead atoms. The van der Waals surface area contributed by atoms with Crippen LogP contribution in [0.3, 0.4) is 0 Å². The SMILES string of the molecule is CSc1nc2[nH]c(=O)c3c(n2n1)CCN(Cc1ccccc1)C3. The lowest BCUT2D eigenvalue weighted by atomic mass is 10.1. The van der Waals surface area contributed by atoms with Crippen LogP contribution < -0.4 is 5.56 Å². The Labute approximate surface area is 137 Å². The molecule has 0 unspecified atom stereocenters. The second-order valence-electron chi connectivity index (χ2n) is 5.66. The van der Waals surface area contributed by atoms with E-state index in [1.807, 2.05) is 24.5 Å². The standard InChI is InChI=1S/C16H17N5OS/c1-23-16-18-15-17-14(22)12-10-20(8-7-13(12)21(15)19-16)9-11-5-3-2-4-6-11/h2-6H,7-10H2,1H3,(H,17,18,19,22). The third-order valence-electron chi connectivity index (χ3n) is 4.17. The molecule has 0 saturated carbocycles. The van der Waals surface area contributed by atoms with Crippen LogP contribution in [0.1, 0.15) is 16.8 Å². The predicted molar refractivity (Wildman–Crippen MR) is 89.6 cm³/mol. The van der Waals surface area contributed by atoms with Gasteiger partial charge in [-0.15, -0.1) is 5.10 Å². The maximum absolute atomic E-state index is 12.4. The van der Waals surface area contributed by atoms with Gasteiger partial charge in [0.15, 0.2) is 0 Å². The summed E-state index contributed by atoms with van der Waals surface area (Å²) >= 11 is 1.48. The van der Waals surface area contributed by atoms with E-state index in [0.29, 0.717) is 17.5 Å². The Hall–Kier alpha value is -2.12. The minimum atomic E-state index is -0.0506. The molecular weight excluding hydrogens is 310 g/mol. The van der Waals surface area contributed by atoms with Crippen LogP contribution in [0.25, 0.3) is 5.78 Å². The topological polar surface area (TPSA) is 66.3 Å². The van der Waals surface area contributed by atoms with Crippen molar-refractivity contribution in [2.75, 3.05) is 12.8 Å². The fourth-order valence-electron chi connectivity index (χ4n) is 3.05. The number of aromatic nitrogens is 4. The first-order valence-corrected chi connectivity index (χ1v) is 8.78. The summed E-state index contributed by atoms with van der Waals surface area (Å²) in [5.41, 5.74) is 3.00. The molecule has 0 spiro atoms. The second kappa shape index (κ2) is 5.82. The van der Waals surface area contributed by atoms with Crippen LogP contribution in [0.5, 0.6) is 0 Å². The van der Waals surface area contributed by atoms with Crippen LogP contribution >= 0.6 is 11.8 Å². The van der Waals surface area contributed by atoms with E-state index in [1.54, 1.807) is 4.52 Å². The Bertz CT molecular complexity index is 902. The molecule has 23 heavy (non-hydrogen) atoms. The lowest BCUT2D eigenvalue weighted by Crippen LogP contribution is -2.36. The Kier molecular flexibility index (Phi) is 3.66. The molecule has 1 aliphatic heterocycles. The van der Waals surface area contributed by atoms with Gasteiger partial charge in [-0.05, 0) is 11.8 Å². The van der Waals surface area contributed by atoms with Gasteiger partial charge >= 0.3 is 0 Å². The first-order valence-electron chi connectivity index (χ1n) is 7.55. The van der Waals surface area contributed by atoms with E-state index < -0.39 is 0 Å². The van der Waals surface area contributed by atoms with Crippen molar-refractivity contribution in [3.8, 4) is 0 Å². The maximum atomic E-state index is 12.4. The molecule has 0 aliphatic carbocycles. The van der Waals surface area contributed by atoms with Gasteiger partial charge in [0.2, 0.25) is 10.9 Å². The molecular formula is C16H17N5OS. The molecule has 3 aromatic rings. The van der Waals surface area contributed by atoms with Gasteiger partial charge in [0, 0.05) is 26.1 Å². The molecule has 0 fully saturated rings. The predicted octanol–water partition coefficient (Wildman–Crippen LogP) is 1.70. The van der Waals surface area contributed by atoms with Crippen molar-refractivity contribution in [1.29, 1.82) is 0 Å². The number of H-pyrrole nitrogens is 1. The van der Waals surface area contributed by atoms with Crippen molar-refractivity contribution in [3.05, 3.63) is 57.5 Å². The van der Waals surface area contributed by atoms with Crippen LogP contribution in [0, 0.1) is 0 Å². The largest absolute Gasteiger partial charge is 0.294 e. The molecule has 2 aromatic heterocycles. The van der Waals surface area contributed by atoms with Gasteiger partial charge in [-0.25, -0.2) is 4.52 Å². The van der Waals surface area contributed by atoms with Crippen LogP contribution in [0.4, 0.5) is 0 Å². The van der Waals surface area contributed by atoms with E-state index >= 15 is 0 Å². The lowest BCUT2D eigenvalue weighted by molar-refractivity contribution is 0.240. The molecule has 1 aromatic carbocycles. The minimum absolute atomic E-state index is 0.0506. The summed E-state index contributed by atoms with van der Waals surface area (Å²) in [5, 5.41) is 5.16. The summed E-state index contributed by atoms with van der Waals surface area (Å²) in [5.74, 6) is 0.537. The average molecular weight is 327 g/mol. The summed E-state index contributed by atoms with van der Waals surface area (Å²) in [4.78, 5) is 21.9. The fourth-order valence-corrected chi connectivity index (χ4v) is 3.39. The molecule has 0 amide bonds. The number of fused-ring (bicyclic) bond motifs is 3. The zero-order chi connectivity index (χ0) is 15.8. The number of nitrogens with zero attached hydrogens (tertiary/aromatic N) is 4. The highest BCUT2D eigenvalue weighted by Gasteiger charge is 2.23. The van der Waals surface area contributed by atoms with E-state index in [-0.39, 0.29) is 5.56 Å². The van der Waals surface area contributed by atoms with E-state index in [0.717, 1.165) is 30.8 Å². The number of aromatic amines is 1. The molecule has 6 nitrogen and oxygen atoms in total. The normalized spacial score (nSPS) is 15.0. The van der Waals surface area contributed by atoms with Gasteiger partial charge in [0.1, 0.15) is 0 Å². The number of thioether (sulfide) groups is 1. The van der Waals surface area contributed by atoms with Gasteiger partial charge in [-0.1, -0.05) is 42.1 Å². The smallest absolute Gasteiger partial charge is 0.257 e. The molecule has 7 heteroatoms. The fraction of sp³-hybridized carbons (Fsp3) is 0.312. The van der Waals surface area contributed by atoms with Crippen LogP contribution in [0.15, 0.2) is 40.3 Å². The Morgan fingerprint density at radius 1 is 1.30 bits per heavy atom. The van der Waals surface area contributed by atoms with Gasteiger partial charge in [-0.3, -0.25) is 14.7 Å². The quantitative estimate of drug-likeness (QED) is 0.742. The number of hydrogen-bond donors (Lipinski definition) is 1. The van der Waals surface area contributed by atoms with Gasteiger partial charge in [0.25, 0.3) is 5.56 Å². The van der Waals surface area contributed by atoms with Crippen LogP contribution in [0.2, 0.25) is 0 Å². The Balaban J connectivity index is 1.68. The molecule has 1 N–H and O–H groups in total. The average Bonchev–Trinajstić information content (AvgIpc) is 2.99. The molecule has 0 atom stereocenters. The van der Waals surface area contributed by atoms with E-state index in [9.17, 15) is 4.79 Å². The summed E-state index contributed by atoms with van der Waals surface area (Å²) < 4.78 is 1.79. The Morgan fingerprint density at radius 3 is 2.91 bits per heavy atom. The minimum Gasteiger partial charge on any atom is -0.294 e. The van der Waals surface area contributed by atoms with Gasteiger partial charge in [-0.2, -0.15) is 4.98 Å². The number of nitrogens with one attached hydrogen (secondary N) is 1. The number of rotatable bonds is 3. The number of hydrogen-bond acceptors (Lipinski definition) is 5. The van der Waals surface area contributed by atoms with E-state index in [2.05, 4.69) is 32.1 Å².